The van der Waals surface area contributed by atoms with Gasteiger partial charge < -0.3 is 9.64 Å². The summed E-state index contributed by atoms with van der Waals surface area (Å²) in [6.45, 7) is 2.83. The van der Waals surface area contributed by atoms with Crippen molar-refractivity contribution < 1.29 is 4.74 Å². The highest BCUT2D eigenvalue weighted by Gasteiger charge is 2.17. The van der Waals surface area contributed by atoms with Gasteiger partial charge in [0.2, 0.25) is 0 Å². The molecule has 18 heavy (non-hydrogen) atoms. The number of benzene rings is 1. The fourth-order valence-electron chi connectivity index (χ4n) is 2.44. The summed E-state index contributed by atoms with van der Waals surface area (Å²) in [6.07, 6.45) is 2.44. The van der Waals surface area contributed by atoms with Crippen LogP contribution in [0.1, 0.15) is 18.4 Å². The first-order valence-electron chi connectivity index (χ1n) is 6.34. The first-order chi connectivity index (χ1) is 8.70. The van der Waals surface area contributed by atoms with Crippen molar-refractivity contribution in [1.29, 1.82) is 0 Å². The Hall–Kier alpha value is -0.250. The first kappa shape index (κ1) is 14.2. The molecule has 0 aromatic heterocycles. The second kappa shape index (κ2) is 6.78. The Labute approximate surface area is 122 Å². The topological polar surface area (TPSA) is 12.5 Å². The van der Waals surface area contributed by atoms with Gasteiger partial charge in [-0.05, 0) is 36.5 Å². The van der Waals surface area contributed by atoms with Gasteiger partial charge in [0, 0.05) is 36.2 Å². The monoisotopic (exact) mass is 331 g/mol. The Balaban J connectivity index is 2.07. The van der Waals surface area contributed by atoms with E-state index in [4.69, 9.17) is 16.3 Å². The van der Waals surface area contributed by atoms with Crippen LogP contribution in [0.2, 0.25) is 5.02 Å². The van der Waals surface area contributed by atoms with E-state index in [-0.39, 0.29) is 0 Å². The van der Waals surface area contributed by atoms with Crippen molar-refractivity contribution in [2.75, 3.05) is 31.7 Å². The molecule has 1 aliphatic rings. The smallest absolute Gasteiger partial charge is 0.0511 e. The number of nitrogens with zero attached hydrogens (tertiary/aromatic N) is 1. The second-order valence-corrected chi connectivity index (χ2v) is 5.87. The molecule has 4 heteroatoms. The maximum Gasteiger partial charge on any atom is 0.0511 e. The zero-order valence-corrected chi connectivity index (χ0v) is 13.0. The SMILES string of the molecule is CN(CC1CCCOC1)c1cc(Cl)ccc1CBr. The minimum atomic E-state index is 0.630. The lowest BCUT2D eigenvalue weighted by Crippen LogP contribution is -2.31. The van der Waals surface area contributed by atoms with E-state index in [2.05, 4.69) is 33.9 Å². The number of halogens is 2. The fraction of sp³-hybridized carbons (Fsp3) is 0.571. The van der Waals surface area contributed by atoms with Gasteiger partial charge in [-0.2, -0.15) is 0 Å². The normalized spacial score (nSPS) is 19.8. The molecule has 100 valence electrons. The minimum absolute atomic E-state index is 0.630. The zero-order valence-electron chi connectivity index (χ0n) is 10.7. The summed E-state index contributed by atoms with van der Waals surface area (Å²) in [6, 6.07) is 6.07. The molecule has 1 heterocycles. The van der Waals surface area contributed by atoms with Gasteiger partial charge in [-0.3, -0.25) is 0 Å². The summed E-state index contributed by atoms with van der Waals surface area (Å²) in [4.78, 5) is 2.29. The van der Waals surface area contributed by atoms with Crippen molar-refractivity contribution in [3.8, 4) is 0 Å². The molecule has 1 unspecified atom stereocenters. The highest BCUT2D eigenvalue weighted by atomic mass is 79.9. The third kappa shape index (κ3) is 3.62. The lowest BCUT2D eigenvalue weighted by molar-refractivity contribution is 0.0576. The van der Waals surface area contributed by atoms with Crippen LogP contribution in [0, 0.1) is 5.92 Å². The van der Waals surface area contributed by atoms with Crippen LogP contribution in [-0.4, -0.2) is 26.8 Å². The summed E-state index contributed by atoms with van der Waals surface area (Å²) in [5, 5.41) is 1.65. The van der Waals surface area contributed by atoms with Crippen LogP contribution in [0.25, 0.3) is 0 Å². The molecule has 0 spiro atoms. The van der Waals surface area contributed by atoms with E-state index in [1.165, 1.54) is 24.1 Å². The molecule has 1 atom stereocenters. The van der Waals surface area contributed by atoms with E-state index in [0.29, 0.717) is 5.92 Å². The van der Waals surface area contributed by atoms with E-state index < -0.39 is 0 Å². The van der Waals surface area contributed by atoms with E-state index in [9.17, 15) is 0 Å². The van der Waals surface area contributed by atoms with Gasteiger partial charge in [-0.25, -0.2) is 0 Å². The Kier molecular flexibility index (Phi) is 5.34. The first-order valence-corrected chi connectivity index (χ1v) is 7.84. The predicted molar refractivity (Wildman–Crippen MR) is 80.9 cm³/mol. The second-order valence-electron chi connectivity index (χ2n) is 4.87. The van der Waals surface area contributed by atoms with Gasteiger partial charge in [0.15, 0.2) is 0 Å². The number of ether oxygens (including phenoxy) is 1. The van der Waals surface area contributed by atoms with Crippen molar-refractivity contribution in [1.82, 2.24) is 0 Å². The van der Waals surface area contributed by atoms with Crippen LogP contribution in [0.4, 0.5) is 5.69 Å². The maximum atomic E-state index is 6.09. The lowest BCUT2D eigenvalue weighted by Gasteiger charge is -2.29. The van der Waals surface area contributed by atoms with Gasteiger partial charge >= 0.3 is 0 Å². The fourth-order valence-corrected chi connectivity index (χ4v) is 3.08. The van der Waals surface area contributed by atoms with Crippen LogP contribution in [0.5, 0.6) is 0 Å². The van der Waals surface area contributed by atoms with Crippen LogP contribution < -0.4 is 4.90 Å². The summed E-state index contributed by atoms with van der Waals surface area (Å²) in [5.41, 5.74) is 2.49. The largest absolute Gasteiger partial charge is 0.381 e. The quantitative estimate of drug-likeness (QED) is 0.770. The molecule has 1 fully saturated rings. The average molecular weight is 333 g/mol. The molecule has 0 aliphatic carbocycles. The zero-order chi connectivity index (χ0) is 13.0. The van der Waals surface area contributed by atoms with E-state index >= 15 is 0 Å². The molecule has 1 aliphatic heterocycles. The third-order valence-electron chi connectivity index (χ3n) is 3.39. The van der Waals surface area contributed by atoms with Crippen LogP contribution in [0.3, 0.4) is 0 Å². The lowest BCUT2D eigenvalue weighted by atomic mass is 10.0. The summed E-state index contributed by atoms with van der Waals surface area (Å²) >= 11 is 9.63. The van der Waals surface area contributed by atoms with Crippen LogP contribution >= 0.6 is 27.5 Å². The number of anilines is 1. The molecule has 1 aromatic rings. The molecule has 0 saturated carbocycles. The molecule has 1 aromatic carbocycles. The van der Waals surface area contributed by atoms with Gasteiger partial charge in [0.25, 0.3) is 0 Å². The van der Waals surface area contributed by atoms with Crippen molar-refractivity contribution in [2.45, 2.75) is 18.2 Å². The summed E-state index contributed by atoms with van der Waals surface area (Å²) in [7, 11) is 2.13. The molecular weight excluding hydrogens is 314 g/mol. The number of hydrogen-bond donors (Lipinski definition) is 0. The molecule has 0 amide bonds. The minimum Gasteiger partial charge on any atom is -0.381 e. The number of alkyl halides is 1. The Bertz CT molecular complexity index is 393. The summed E-state index contributed by atoms with van der Waals surface area (Å²) in [5.74, 6) is 0.630. The van der Waals surface area contributed by atoms with Crippen LogP contribution in [-0.2, 0) is 10.1 Å². The average Bonchev–Trinajstić information content (AvgIpc) is 2.40. The Morgan fingerprint density at radius 3 is 3.00 bits per heavy atom. The Morgan fingerprint density at radius 1 is 1.50 bits per heavy atom. The van der Waals surface area contributed by atoms with Crippen molar-refractivity contribution in [3.05, 3.63) is 28.8 Å². The molecular formula is C14H19BrClNO. The standard InChI is InChI=1S/C14H19BrClNO/c1-17(9-11-3-2-6-18-10-11)14-7-13(16)5-4-12(14)8-15/h4-5,7,11H,2-3,6,8-10H2,1H3. The molecule has 0 radical (unpaired) electrons. The molecule has 0 bridgehead atoms. The van der Waals surface area contributed by atoms with Gasteiger partial charge in [-0.1, -0.05) is 33.6 Å². The van der Waals surface area contributed by atoms with E-state index in [0.717, 1.165) is 30.1 Å². The van der Waals surface area contributed by atoms with Crippen LogP contribution in [0.15, 0.2) is 18.2 Å². The van der Waals surface area contributed by atoms with E-state index in [1.54, 1.807) is 0 Å². The van der Waals surface area contributed by atoms with Crippen molar-refractivity contribution >= 4 is 33.2 Å². The number of rotatable bonds is 4. The van der Waals surface area contributed by atoms with Gasteiger partial charge in [-0.15, -0.1) is 0 Å². The van der Waals surface area contributed by atoms with Gasteiger partial charge in [0.05, 0.1) is 6.61 Å². The summed E-state index contributed by atoms with van der Waals surface area (Å²) < 4.78 is 5.54. The molecule has 0 N–H and O–H groups in total. The highest BCUT2D eigenvalue weighted by Crippen LogP contribution is 2.27. The Morgan fingerprint density at radius 2 is 2.33 bits per heavy atom. The molecule has 2 rings (SSSR count). The maximum absolute atomic E-state index is 6.09. The van der Waals surface area contributed by atoms with Crippen molar-refractivity contribution in [2.24, 2.45) is 5.92 Å². The number of hydrogen-bond acceptors (Lipinski definition) is 2. The van der Waals surface area contributed by atoms with E-state index in [1.807, 2.05) is 12.1 Å². The molecule has 1 saturated heterocycles. The highest BCUT2D eigenvalue weighted by molar-refractivity contribution is 9.08. The molecule has 2 nitrogen and oxygen atoms in total. The van der Waals surface area contributed by atoms with Crippen molar-refractivity contribution in [3.63, 3.8) is 0 Å². The van der Waals surface area contributed by atoms with Gasteiger partial charge in [0.1, 0.15) is 0 Å². The third-order valence-corrected chi connectivity index (χ3v) is 4.23. The predicted octanol–water partition coefficient (Wildman–Crippen LogP) is 4.10.